The van der Waals surface area contributed by atoms with Crippen molar-refractivity contribution in [2.45, 2.75) is 13.5 Å². The van der Waals surface area contributed by atoms with Crippen LogP contribution in [0, 0.1) is 0 Å². The van der Waals surface area contributed by atoms with Crippen LogP contribution >= 0.6 is 11.6 Å². The lowest BCUT2D eigenvalue weighted by molar-refractivity contribution is -0.119. The fourth-order valence-corrected chi connectivity index (χ4v) is 2.50. The SMILES string of the molecule is CCOc1ncccc1CNC(=O)c1cc(Cl)c(OCC(N)=O)c(OC)c1. The first-order chi connectivity index (χ1) is 13.0. The predicted octanol–water partition coefficient (Wildman–Crippen LogP) is 1.94. The maximum Gasteiger partial charge on any atom is 0.255 e. The maximum atomic E-state index is 12.5. The van der Waals surface area contributed by atoms with Gasteiger partial charge in [0.1, 0.15) is 0 Å². The molecule has 3 N–H and O–H groups in total. The number of nitrogens with two attached hydrogens (primary N) is 1. The zero-order valence-corrected chi connectivity index (χ0v) is 15.7. The lowest BCUT2D eigenvalue weighted by Crippen LogP contribution is -2.23. The van der Waals surface area contributed by atoms with Crippen LogP contribution in [0.25, 0.3) is 0 Å². The molecule has 0 fully saturated rings. The Kier molecular flexibility index (Phi) is 7.25. The molecule has 0 atom stereocenters. The van der Waals surface area contributed by atoms with Crippen molar-refractivity contribution >= 4 is 23.4 Å². The van der Waals surface area contributed by atoms with E-state index in [-0.39, 0.29) is 41.1 Å². The molecule has 0 bridgehead atoms. The van der Waals surface area contributed by atoms with Gasteiger partial charge in [0, 0.05) is 23.9 Å². The quantitative estimate of drug-likeness (QED) is 0.673. The van der Waals surface area contributed by atoms with E-state index < -0.39 is 5.91 Å². The summed E-state index contributed by atoms with van der Waals surface area (Å²) >= 11 is 6.16. The number of benzene rings is 1. The Labute approximate surface area is 161 Å². The highest BCUT2D eigenvalue weighted by Gasteiger charge is 2.17. The molecule has 1 aromatic heterocycles. The molecular weight excluding hydrogens is 374 g/mol. The third kappa shape index (κ3) is 5.49. The third-order valence-corrected chi connectivity index (χ3v) is 3.70. The Bertz CT molecular complexity index is 829. The van der Waals surface area contributed by atoms with Gasteiger partial charge in [-0.3, -0.25) is 9.59 Å². The summed E-state index contributed by atoms with van der Waals surface area (Å²) in [6, 6.07) is 6.45. The highest BCUT2D eigenvalue weighted by atomic mass is 35.5. The molecule has 144 valence electrons. The molecule has 0 unspecified atom stereocenters. The summed E-state index contributed by atoms with van der Waals surface area (Å²) < 4.78 is 15.9. The van der Waals surface area contributed by atoms with Crippen molar-refractivity contribution in [1.29, 1.82) is 0 Å². The van der Waals surface area contributed by atoms with Crippen molar-refractivity contribution in [2.75, 3.05) is 20.3 Å². The van der Waals surface area contributed by atoms with E-state index in [0.717, 1.165) is 5.56 Å². The first kappa shape index (κ1) is 20.3. The van der Waals surface area contributed by atoms with Crippen LogP contribution in [0.1, 0.15) is 22.8 Å². The molecular formula is C18H20ClN3O5. The number of primary amides is 1. The van der Waals surface area contributed by atoms with Crippen LogP contribution in [0.4, 0.5) is 0 Å². The van der Waals surface area contributed by atoms with Crippen LogP contribution in [0.15, 0.2) is 30.5 Å². The zero-order chi connectivity index (χ0) is 19.8. The highest BCUT2D eigenvalue weighted by Crippen LogP contribution is 2.36. The number of carbonyl (C=O) groups excluding carboxylic acids is 2. The Morgan fingerprint density at radius 1 is 1.30 bits per heavy atom. The van der Waals surface area contributed by atoms with Crippen LogP contribution in [-0.2, 0) is 11.3 Å². The minimum absolute atomic E-state index is 0.122. The second-order valence-electron chi connectivity index (χ2n) is 5.33. The molecule has 0 spiro atoms. The highest BCUT2D eigenvalue weighted by molar-refractivity contribution is 6.32. The normalized spacial score (nSPS) is 10.2. The molecule has 8 nitrogen and oxygen atoms in total. The van der Waals surface area contributed by atoms with Gasteiger partial charge in [-0.25, -0.2) is 4.98 Å². The van der Waals surface area contributed by atoms with Gasteiger partial charge in [-0.05, 0) is 25.1 Å². The van der Waals surface area contributed by atoms with Crippen LogP contribution in [0.2, 0.25) is 5.02 Å². The average molecular weight is 394 g/mol. The largest absolute Gasteiger partial charge is 0.493 e. The molecule has 0 aliphatic carbocycles. The summed E-state index contributed by atoms with van der Waals surface area (Å²) in [7, 11) is 1.40. The van der Waals surface area contributed by atoms with E-state index in [4.69, 9.17) is 31.5 Å². The van der Waals surface area contributed by atoms with Gasteiger partial charge in [-0.1, -0.05) is 17.7 Å². The first-order valence-corrected chi connectivity index (χ1v) is 8.47. The van der Waals surface area contributed by atoms with Gasteiger partial charge in [-0.2, -0.15) is 0 Å². The minimum Gasteiger partial charge on any atom is -0.493 e. The minimum atomic E-state index is -0.656. The lowest BCUT2D eigenvalue weighted by Gasteiger charge is -2.14. The number of hydrogen-bond acceptors (Lipinski definition) is 6. The molecule has 2 aromatic rings. The van der Waals surface area contributed by atoms with Crippen LogP contribution in [0.3, 0.4) is 0 Å². The number of methoxy groups -OCH3 is 1. The number of nitrogens with zero attached hydrogens (tertiary/aromatic N) is 1. The number of aromatic nitrogens is 1. The van der Waals surface area contributed by atoms with E-state index >= 15 is 0 Å². The predicted molar refractivity (Wildman–Crippen MR) is 99.3 cm³/mol. The Hall–Kier alpha value is -3.00. The molecule has 0 radical (unpaired) electrons. The fraction of sp³-hybridized carbons (Fsp3) is 0.278. The first-order valence-electron chi connectivity index (χ1n) is 8.09. The van der Waals surface area contributed by atoms with Gasteiger partial charge in [0.05, 0.1) is 18.7 Å². The Morgan fingerprint density at radius 3 is 2.74 bits per heavy atom. The van der Waals surface area contributed by atoms with Crippen molar-refractivity contribution in [3.63, 3.8) is 0 Å². The number of rotatable bonds is 9. The van der Waals surface area contributed by atoms with E-state index in [0.29, 0.717) is 12.5 Å². The molecule has 1 aromatic carbocycles. The third-order valence-electron chi connectivity index (χ3n) is 3.42. The van der Waals surface area contributed by atoms with Gasteiger partial charge in [0.2, 0.25) is 5.88 Å². The zero-order valence-electron chi connectivity index (χ0n) is 15.0. The molecule has 0 aliphatic rings. The number of pyridine rings is 1. The van der Waals surface area contributed by atoms with Crippen molar-refractivity contribution in [3.05, 3.63) is 46.6 Å². The number of nitrogens with one attached hydrogen (secondary N) is 1. The van der Waals surface area contributed by atoms with Crippen LogP contribution < -0.4 is 25.3 Å². The molecule has 0 saturated heterocycles. The summed E-state index contributed by atoms with van der Waals surface area (Å²) in [5.74, 6) is -0.212. The summed E-state index contributed by atoms with van der Waals surface area (Å²) in [4.78, 5) is 27.5. The van der Waals surface area contributed by atoms with E-state index in [9.17, 15) is 9.59 Å². The fourth-order valence-electron chi connectivity index (χ4n) is 2.24. The number of hydrogen-bond donors (Lipinski definition) is 2. The summed E-state index contributed by atoms with van der Waals surface area (Å²) in [5.41, 5.74) is 6.07. The summed E-state index contributed by atoms with van der Waals surface area (Å²) in [6.07, 6.45) is 1.62. The van der Waals surface area contributed by atoms with Gasteiger partial charge in [0.25, 0.3) is 11.8 Å². The molecule has 0 aliphatic heterocycles. The second kappa shape index (κ2) is 9.63. The van der Waals surface area contributed by atoms with Gasteiger partial charge in [0.15, 0.2) is 18.1 Å². The monoisotopic (exact) mass is 393 g/mol. The van der Waals surface area contributed by atoms with Crippen molar-refractivity contribution < 1.29 is 23.8 Å². The average Bonchev–Trinajstić information content (AvgIpc) is 2.65. The summed E-state index contributed by atoms with van der Waals surface area (Å²) in [5, 5.41) is 2.90. The van der Waals surface area contributed by atoms with Crippen molar-refractivity contribution in [1.82, 2.24) is 10.3 Å². The number of amides is 2. The van der Waals surface area contributed by atoms with E-state index in [1.807, 2.05) is 13.0 Å². The smallest absolute Gasteiger partial charge is 0.255 e. The Balaban J connectivity index is 2.14. The van der Waals surface area contributed by atoms with Crippen molar-refractivity contribution in [3.8, 4) is 17.4 Å². The van der Waals surface area contributed by atoms with E-state index in [1.165, 1.54) is 19.2 Å². The van der Waals surface area contributed by atoms with Crippen LogP contribution in [0.5, 0.6) is 17.4 Å². The number of ether oxygens (including phenoxy) is 3. The number of carbonyl (C=O) groups is 2. The molecule has 27 heavy (non-hydrogen) atoms. The maximum absolute atomic E-state index is 12.5. The lowest BCUT2D eigenvalue weighted by atomic mass is 10.1. The topological polar surface area (TPSA) is 113 Å². The molecule has 2 rings (SSSR count). The molecule has 0 saturated carbocycles. The molecule has 1 heterocycles. The standard InChI is InChI=1S/C18H20ClN3O5/c1-3-26-18-11(5-4-6-21-18)9-22-17(24)12-7-13(19)16(14(8-12)25-2)27-10-15(20)23/h4-8H,3,9-10H2,1-2H3,(H2,20,23)(H,22,24). The number of halogens is 1. The van der Waals surface area contributed by atoms with Gasteiger partial charge >= 0.3 is 0 Å². The van der Waals surface area contributed by atoms with Crippen LogP contribution in [-0.4, -0.2) is 37.1 Å². The second-order valence-corrected chi connectivity index (χ2v) is 5.74. The van der Waals surface area contributed by atoms with Crippen molar-refractivity contribution in [2.24, 2.45) is 5.73 Å². The van der Waals surface area contributed by atoms with E-state index in [1.54, 1.807) is 12.3 Å². The van der Waals surface area contributed by atoms with Gasteiger partial charge in [-0.15, -0.1) is 0 Å². The molecule has 9 heteroatoms. The summed E-state index contributed by atoms with van der Waals surface area (Å²) in [6.45, 7) is 2.19. The molecule has 2 amide bonds. The Morgan fingerprint density at radius 2 is 2.07 bits per heavy atom. The van der Waals surface area contributed by atoms with E-state index in [2.05, 4.69) is 10.3 Å². The van der Waals surface area contributed by atoms with Gasteiger partial charge < -0.3 is 25.3 Å².